The molecule has 0 amide bonds. The van der Waals surface area contributed by atoms with Gasteiger partial charge in [0.15, 0.2) is 0 Å². The van der Waals surface area contributed by atoms with Crippen LogP contribution in [0, 0.1) is 0 Å². The van der Waals surface area contributed by atoms with Crippen LogP contribution in [0.4, 0.5) is 0 Å². The van der Waals surface area contributed by atoms with Crippen LogP contribution in [-0.2, 0) is 6.54 Å². The Kier molecular flexibility index (Phi) is 8.01. The van der Waals surface area contributed by atoms with Crippen LogP contribution in [0.15, 0.2) is 41.8 Å². The summed E-state index contributed by atoms with van der Waals surface area (Å²) in [5.74, 6) is 1.22. The summed E-state index contributed by atoms with van der Waals surface area (Å²) in [6, 6.07) is 8.96. The molecule has 1 nitrogen and oxygen atoms in total. The van der Waals surface area contributed by atoms with Gasteiger partial charge in [-0.15, -0.1) is 18.3 Å². The molecule has 1 N–H and O–H groups in total. The fraction of sp³-hybridized carbons (Fsp3) is 0.556. The first-order chi connectivity index (χ1) is 9.51. The average Bonchev–Trinajstić information content (AvgIpc) is 2.41. The minimum absolute atomic E-state index is 0.179. The average molecular weight is 292 g/mol. The van der Waals surface area contributed by atoms with Crippen molar-refractivity contribution < 1.29 is 0 Å². The van der Waals surface area contributed by atoms with Gasteiger partial charge in [0.05, 0.1) is 0 Å². The second-order valence-corrected chi connectivity index (χ2v) is 7.40. The van der Waals surface area contributed by atoms with E-state index in [-0.39, 0.29) is 5.54 Å². The Morgan fingerprint density at radius 2 is 1.80 bits per heavy atom. The smallest absolute Gasteiger partial charge is 0.0210 e. The van der Waals surface area contributed by atoms with Crippen molar-refractivity contribution in [3.8, 4) is 0 Å². The summed E-state index contributed by atoms with van der Waals surface area (Å²) in [5.41, 5.74) is 1.54. The first kappa shape index (κ1) is 17.3. The SMILES string of the molecule is C=CCCCCCSc1ccc(CNC(C)(C)C)cc1. The number of thioether (sulfide) groups is 1. The van der Waals surface area contributed by atoms with Gasteiger partial charge in [0.1, 0.15) is 0 Å². The van der Waals surface area contributed by atoms with Gasteiger partial charge in [-0.05, 0) is 63.5 Å². The summed E-state index contributed by atoms with van der Waals surface area (Å²) < 4.78 is 0. The molecule has 0 bridgehead atoms. The van der Waals surface area contributed by atoms with Gasteiger partial charge in [0.2, 0.25) is 0 Å². The lowest BCUT2D eigenvalue weighted by atomic mass is 10.1. The van der Waals surface area contributed by atoms with Crippen molar-refractivity contribution in [2.45, 2.75) is 63.4 Å². The van der Waals surface area contributed by atoms with Crippen molar-refractivity contribution in [3.63, 3.8) is 0 Å². The number of nitrogens with one attached hydrogen (secondary N) is 1. The van der Waals surface area contributed by atoms with E-state index in [1.54, 1.807) is 0 Å². The minimum Gasteiger partial charge on any atom is -0.308 e. The van der Waals surface area contributed by atoms with E-state index in [0.717, 1.165) is 13.0 Å². The van der Waals surface area contributed by atoms with E-state index >= 15 is 0 Å². The van der Waals surface area contributed by atoms with Gasteiger partial charge in [-0.3, -0.25) is 0 Å². The molecule has 0 unspecified atom stereocenters. The van der Waals surface area contributed by atoms with Gasteiger partial charge < -0.3 is 5.32 Å². The summed E-state index contributed by atoms with van der Waals surface area (Å²) >= 11 is 1.96. The van der Waals surface area contributed by atoms with Crippen molar-refractivity contribution in [3.05, 3.63) is 42.5 Å². The van der Waals surface area contributed by atoms with Crippen molar-refractivity contribution in [1.82, 2.24) is 5.32 Å². The number of hydrogen-bond donors (Lipinski definition) is 1. The third-order valence-corrected chi connectivity index (χ3v) is 4.17. The van der Waals surface area contributed by atoms with Crippen LogP contribution in [0.3, 0.4) is 0 Å². The third kappa shape index (κ3) is 8.44. The molecular weight excluding hydrogens is 262 g/mol. The monoisotopic (exact) mass is 291 g/mol. The molecule has 0 saturated carbocycles. The van der Waals surface area contributed by atoms with Gasteiger partial charge in [-0.25, -0.2) is 0 Å². The highest BCUT2D eigenvalue weighted by Crippen LogP contribution is 2.20. The summed E-state index contributed by atoms with van der Waals surface area (Å²) in [5, 5.41) is 3.51. The molecule has 112 valence electrons. The maximum absolute atomic E-state index is 3.75. The molecule has 0 heterocycles. The Bertz CT molecular complexity index is 375. The van der Waals surface area contributed by atoms with E-state index < -0.39 is 0 Å². The molecule has 0 atom stereocenters. The first-order valence-corrected chi connectivity index (χ1v) is 8.57. The van der Waals surface area contributed by atoms with Gasteiger partial charge >= 0.3 is 0 Å². The Morgan fingerprint density at radius 1 is 1.10 bits per heavy atom. The summed E-state index contributed by atoms with van der Waals surface area (Å²) in [4.78, 5) is 1.38. The Hall–Kier alpha value is -0.730. The highest BCUT2D eigenvalue weighted by Gasteiger charge is 2.07. The quantitative estimate of drug-likeness (QED) is 0.371. The fourth-order valence-electron chi connectivity index (χ4n) is 1.83. The molecule has 2 heteroatoms. The van der Waals surface area contributed by atoms with Crippen LogP contribution in [0.1, 0.15) is 52.0 Å². The van der Waals surface area contributed by atoms with Crippen LogP contribution in [0.2, 0.25) is 0 Å². The summed E-state index contributed by atoms with van der Waals surface area (Å²) in [6.07, 6.45) is 7.05. The fourth-order valence-corrected chi connectivity index (χ4v) is 2.74. The van der Waals surface area contributed by atoms with Crippen LogP contribution in [0.5, 0.6) is 0 Å². The standard InChI is InChI=1S/C18H29NS/c1-5-6-7-8-9-14-20-17-12-10-16(11-13-17)15-19-18(2,3)4/h5,10-13,19H,1,6-9,14-15H2,2-4H3. The Morgan fingerprint density at radius 3 is 2.40 bits per heavy atom. The number of allylic oxidation sites excluding steroid dienone is 1. The zero-order valence-corrected chi connectivity index (χ0v) is 14.1. The largest absolute Gasteiger partial charge is 0.308 e. The normalized spacial score (nSPS) is 11.6. The molecule has 0 fully saturated rings. The molecule has 0 aliphatic heterocycles. The topological polar surface area (TPSA) is 12.0 Å². The molecular formula is C18H29NS. The van der Waals surface area contributed by atoms with E-state index in [4.69, 9.17) is 0 Å². The number of unbranched alkanes of at least 4 members (excludes halogenated alkanes) is 3. The van der Waals surface area contributed by atoms with E-state index in [9.17, 15) is 0 Å². The van der Waals surface area contributed by atoms with Crippen molar-refractivity contribution in [2.75, 3.05) is 5.75 Å². The van der Waals surface area contributed by atoms with Crippen molar-refractivity contribution in [2.24, 2.45) is 0 Å². The summed E-state index contributed by atoms with van der Waals surface area (Å²) in [7, 11) is 0. The van der Waals surface area contributed by atoms with Crippen LogP contribution < -0.4 is 5.32 Å². The highest BCUT2D eigenvalue weighted by molar-refractivity contribution is 7.99. The predicted molar refractivity (Wildman–Crippen MR) is 92.4 cm³/mol. The second-order valence-electron chi connectivity index (χ2n) is 6.23. The lowest BCUT2D eigenvalue weighted by molar-refractivity contribution is 0.424. The molecule has 0 aliphatic rings. The summed E-state index contributed by atoms with van der Waals surface area (Å²) in [6.45, 7) is 11.3. The first-order valence-electron chi connectivity index (χ1n) is 7.59. The third-order valence-electron chi connectivity index (χ3n) is 3.07. The van der Waals surface area contributed by atoms with Crippen molar-refractivity contribution in [1.29, 1.82) is 0 Å². The minimum atomic E-state index is 0.179. The molecule has 0 saturated heterocycles. The molecule has 1 rings (SSSR count). The van der Waals surface area contributed by atoms with E-state index in [0.29, 0.717) is 0 Å². The van der Waals surface area contributed by atoms with Crippen LogP contribution >= 0.6 is 11.8 Å². The second kappa shape index (κ2) is 9.25. The van der Waals surface area contributed by atoms with Gasteiger partial charge in [0, 0.05) is 17.0 Å². The zero-order valence-electron chi connectivity index (χ0n) is 13.2. The van der Waals surface area contributed by atoms with Gasteiger partial charge in [0.25, 0.3) is 0 Å². The lowest BCUT2D eigenvalue weighted by Gasteiger charge is -2.20. The number of rotatable bonds is 9. The molecule has 0 spiro atoms. The van der Waals surface area contributed by atoms with E-state index in [2.05, 4.69) is 56.9 Å². The van der Waals surface area contributed by atoms with E-state index in [1.165, 1.54) is 35.5 Å². The number of hydrogen-bond acceptors (Lipinski definition) is 2. The Labute approximate surface area is 129 Å². The molecule has 1 aromatic rings. The highest BCUT2D eigenvalue weighted by atomic mass is 32.2. The molecule has 0 aliphatic carbocycles. The van der Waals surface area contributed by atoms with Crippen LogP contribution in [-0.4, -0.2) is 11.3 Å². The lowest BCUT2D eigenvalue weighted by Crippen LogP contribution is -2.35. The maximum atomic E-state index is 3.75. The molecule has 1 aromatic carbocycles. The van der Waals surface area contributed by atoms with Crippen LogP contribution in [0.25, 0.3) is 0 Å². The zero-order chi connectivity index (χ0) is 14.8. The number of benzene rings is 1. The maximum Gasteiger partial charge on any atom is 0.0210 e. The Balaban J connectivity index is 2.23. The van der Waals surface area contributed by atoms with E-state index in [1.807, 2.05) is 17.8 Å². The van der Waals surface area contributed by atoms with Crippen molar-refractivity contribution >= 4 is 11.8 Å². The van der Waals surface area contributed by atoms with Gasteiger partial charge in [-0.1, -0.05) is 24.6 Å². The predicted octanol–water partition coefficient (Wildman–Crippen LogP) is 5.41. The molecule has 0 radical (unpaired) electrons. The molecule has 0 aromatic heterocycles. The molecule has 20 heavy (non-hydrogen) atoms. The van der Waals surface area contributed by atoms with Gasteiger partial charge in [-0.2, -0.15) is 0 Å².